The van der Waals surface area contributed by atoms with Crippen molar-refractivity contribution in [3.8, 4) is 0 Å². The van der Waals surface area contributed by atoms with Gasteiger partial charge in [0.1, 0.15) is 0 Å². The Kier molecular flexibility index (Phi) is 5.73. The highest BCUT2D eigenvalue weighted by Crippen LogP contribution is 2.21. The third kappa shape index (κ3) is 4.81. The van der Waals surface area contributed by atoms with Crippen molar-refractivity contribution in [3.63, 3.8) is 0 Å². The number of piperidine rings is 1. The molecule has 6 nitrogen and oxygen atoms in total. The highest BCUT2D eigenvalue weighted by atomic mass is 16.4. The van der Waals surface area contributed by atoms with Crippen molar-refractivity contribution in [1.82, 2.24) is 4.90 Å². The number of carbonyl (C=O) groups is 3. The molecule has 0 radical (unpaired) electrons. The van der Waals surface area contributed by atoms with Crippen molar-refractivity contribution in [2.45, 2.75) is 44.6 Å². The number of carboxylic acids is 1. The monoisotopic (exact) mass is 318 g/mol. The lowest BCUT2D eigenvalue weighted by Gasteiger charge is -2.35. The first-order valence-electron chi connectivity index (χ1n) is 7.87. The maximum Gasteiger partial charge on any atom is 0.335 e. The van der Waals surface area contributed by atoms with Gasteiger partial charge in [0.2, 0.25) is 11.8 Å². The Morgan fingerprint density at radius 1 is 1.17 bits per heavy atom. The average molecular weight is 318 g/mol. The van der Waals surface area contributed by atoms with E-state index in [1.165, 1.54) is 0 Å². The van der Waals surface area contributed by atoms with Crippen LogP contribution in [0, 0.1) is 0 Å². The Balaban J connectivity index is 1.92. The maximum atomic E-state index is 12.4. The topological polar surface area (TPSA) is 101 Å². The molecule has 0 aromatic heterocycles. The van der Waals surface area contributed by atoms with Gasteiger partial charge in [-0.3, -0.25) is 9.59 Å². The van der Waals surface area contributed by atoms with Crippen molar-refractivity contribution in [1.29, 1.82) is 0 Å². The molecule has 1 aromatic rings. The van der Waals surface area contributed by atoms with E-state index < -0.39 is 5.97 Å². The van der Waals surface area contributed by atoms with E-state index in [0.29, 0.717) is 19.4 Å². The van der Waals surface area contributed by atoms with E-state index in [1.807, 2.05) is 0 Å². The van der Waals surface area contributed by atoms with Crippen LogP contribution in [0.4, 0.5) is 0 Å². The van der Waals surface area contributed by atoms with E-state index in [2.05, 4.69) is 0 Å². The van der Waals surface area contributed by atoms with Crippen LogP contribution < -0.4 is 5.73 Å². The van der Waals surface area contributed by atoms with Gasteiger partial charge in [0.25, 0.3) is 0 Å². The summed E-state index contributed by atoms with van der Waals surface area (Å²) < 4.78 is 0. The van der Waals surface area contributed by atoms with E-state index in [9.17, 15) is 14.4 Å². The molecular weight excluding hydrogens is 296 g/mol. The Labute approximate surface area is 135 Å². The standard InChI is InChI=1S/C17H22N2O4/c18-15(20)11-14-3-1-2-10-19(14)16(21)9-6-12-4-7-13(8-5-12)17(22)23/h4-5,7-8,14H,1-3,6,9-11H2,(H2,18,20)(H,22,23). The normalized spacial score (nSPS) is 17.7. The SMILES string of the molecule is NC(=O)CC1CCCCN1C(=O)CCc1ccc(C(=O)O)cc1. The van der Waals surface area contributed by atoms with Crippen LogP contribution in [0.25, 0.3) is 0 Å². The van der Waals surface area contributed by atoms with E-state index >= 15 is 0 Å². The van der Waals surface area contributed by atoms with E-state index in [1.54, 1.807) is 29.2 Å². The van der Waals surface area contributed by atoms with Crippen LogP contribution in [0.15, 0.2) is 24.3 Å². The smallest absolute Gasteiger partial charge is 0.335 e. The minimum atomic E-state index is -0.963. The molecular formula is C17H22N2O4. The molecule has 1 aliphatic heterocycles. The lowest BCUT2D eigenvalue weighted by molar-refractivity contribution is -0.135. The third-order valence-corrected chi connectivity index (χ3v) is 4.21. The summed E-state index contributed by atoms with van der Waals surface area (Å²) in [4.78, 5) is 36.1. The minimum absolute atomic E-state index is 0.0262. The number of rotatable bonds is 6. The fourth-order valence-electron chi connectivity index (χ4n) is 2.98. The molecule has 1 heterocycles. The first-order valence-corrected chi connectivity index (χ1v) is 7.87. The molecule has 2 amide bonds. The highest BCUT2D eigenvalue weighted by Gasteiger charge is 2.27. The molecule has 1 aromatic carbocycles. The van der Waals surface area contributed by atoms with Gasteiger partial charge >= 0.3 is 5.97 Å². The lowest BCUT2D eigenvalue weighted by atomic mass is 9.98. The second-order valence-corrected chi connectivity index (χ2v) is 5.91. The van der Waals surface area contributed by atoms with Gasteiger partial charge < -0.3 is 15.7 Å². The number of nitrogens with two attached hydrogens (primary N) is 1. The second-order valence-electron chi connectivity index (χ2n) is 5.91. The Morgan fingerprint density at radius 2 is 1.87 bits per heavy atom. The van der Waals surface area contributed by atoms with Crippen LogP contribution in [0.1, 0.15) is 48.0 Å². The van der Waals surface area contributed by atoms with E-state index in [4.69, 9.17) is 10.8 Å². The minimum Gasteiger partial charge on any atom is -0.478 e. The zero-order valence-corrected chi connectivity index (χ0v) is 13.0. The number of primary amides is 1. The third-order valence-electron chi connectivity index (χ3n) is 4.21. The molecule has 2 rings (SSSR count). The van der Waals surface area contributed by atoms with Crippen LogP contribution >= 0.6 is 0 Å². The fraction of sp³-hybridized carbons (Fsp3) is 0.471. The van der Waals surface area contributed by atoms with Crippen LogP contribution in [-0.2, 0) is 16.0 Å². The molecule has 0 saturated carbocycles. The summed E-state index contributed by atoms with van der Waals surface area (Å²) in [5, 5.41) is 8.87. The quantitative estimate of drug-likeness (QED) is 0.831. The largest absolute Gasteiger partial charge is 0.478 e. The number of hydrogen-bond acceptors (Lipinski definition) is 3. The van der Waals surface area contributed by atoms with Crippen molar-refractivity contribution in [2.75, 3.05) is 6.54 Å². The molecule has 124 valence electrons. The van der Waals surface area contributed by atoms with Gasteiger partial charge in [0, 0.05) is 25.4 Å². The lowest BCUT2D eigenvalue weighted by Crippen LogP contribution is -2.45. The number of amides is 2. The highest BCUT2D eigenvalue weighted by molar-refractivity contribution is 5.87. The number of nitrogens with zero attached hydrogens (tertiary/aromatic N) is 1. The Bertz CT molecular complexity index is 583. The van der Waals surface area contributed by atoms with Crippen molar-refractivity contribution < 1.29 is 19.5 Å². The molecule has 1 atom stereocenters. The predicted octanol–water partition coefficient (Wildman–Crippen LogP) is 1.57. The number of hydrogen-bond donors (Lipinski definition) is 2. The number of carbonyl (C=O) groups excluding carboxylic acids is 2. The number of aromatic carboxylic acids is 1. The molecule has 0 aliphatic carbocycles. The molecule has 3 N–H and O–H groups in total. The fourth-order valence-corrected chi connectivity index (χ4v) is 2.98. The van der Waals surface area contributed by atoms with Gasteiger partial charge in [-0.05, 0) is 43.4 Å². The van der Waals surface area contributed by atoms with E-state index in [-0.39, 0.29) is 29.8 Å². The summed E-state index contributed by atoms with van der Waals surface area (Å²) in [7, 11) is 0. The molecule has 6 heteroatoms. The molecule has 0 spiro atoms. The van der Waals surface area contributed by atoms with Crippen LogP contribution in [0.3, 0.4) is 0 Å². The zero-order valence-electron chi connectivity index (χ0n) is 13.0. The summed E-state index contributed by atoms with van der Waals surface area (Å²) in [6.07, 6.45) is 3.91. The first kappa shape index (κ1) is 17.0. The van der Waals surface area contributed by atoms with Gasteiger partial charge in [0.15, 0.2) is 0 Å². The van der Waals surface area contributed by atoms with Gasteiger partial charge in [-0.25, -0.2) is 4.79 Å². The molecule has 0 bridgehead atoms. The van der Waals surface area contributed by atoms with Crippen LogP contribution in [0.5, 0.6) is 0 Å². The zero-order chi connectivity index (χ0) is 16.8. The van der Waals surface area contributed by atoms with Gasteiger partial charge in [-0.2, -0.15) is 0 Å². The van der Waals surface area contributed by atoms with Crippen LogP contribution in [-0.4, -0.2) is 40.4 Å². The molecule has 1 aliphatic rings. The number of aryl methyl sites for hydroxylation is 1. The molecule has 1 saturated heterocycles. The van der Waals surface area contributed by atoms with Crippen molar-refractivity contribution >= 4 is 17.8 Å². The van der Waals surface area contributed by atoms with Gasteiger partial charge in [-0.15, -0.1) is 0 Å². The summed E-state index contributed by atoms with van der Waals surface area (Å²) in [5.41, 5.74) is 6.42. The summed E-state index contributed by atoms with van der Waals surface area (Å²) >= 11 is 0. The van der Waals surface area contributed by atoms with Crippen molar-refractivity contribution in [2.24, 2.45) is 5.73 Å². The molecule has 1 unspecified atom stereocenters. The van der Waals surface area contributed by atoms with E-state index in [0.717, 1.165) is 24.8 Å². The Hall–Kier alpha value is -2.37. The number of benzene rings is 1. The van der Waals surface area contributed by atoms with Crippen molar-refractivity contribution in [3.05, 3.63) is 35.4 Å². The second kappa shape index (κ2) is 7.76. The maximum absolute atomic E-state index is 12.4. The molecule has 1 fully saturated rings. The number of likely N-dealkylation sites (tertiary alicyclic amines) is 1. The van der Waals surface area contributed by atoms with Gasteiger partial charge in [-0.1, -0.05) is 12.1 Å². The summed E-state index contributed by atoms with van der Waals surface area (Å²) in [5.74, 6) is -1.31. The van der Waals surface area contributed by atoms with Gasteiger partial charge in [0.05, 0.1) is 5.56 Å². The summed E-state index contributed by atoms with van der Waals surface area (Å²) in [6, 6.07) is 6.46. The first-order chi connectivity index (χ1) is 11.0. The predicted molar refractivity (Wildman–Crippen MR) is 84.9 cm³/mol. The van der Waals surface area contributed by atoms with Crippen LogP contribution in [0.2, 0.25) is 0 Å². The Morgan fingerprint density at radius 3 is 2.48 bits per heavy atom. The summed E-state index contributed by atoms with van der Waals surface area (Å²) in [6.45, 7) is 0.675. The number of carboxylic acid groups (broad SMARTS) is 1. The average Bonchev–Trinajstić information content (AvgIpc) is 2.53. The molecule has 23 heavy (non-hydrogen) atoms.